The van der Waals surface area contributed by atoms with Crippen LogP contribution in [0.1, 0.15) is 18.9 Å². The number of non-ortho nitro benzene ring substituents is 1. The molecule has 0 saturated heterocycles. The minimum absolute atomic E-state index is 0.0945. The van der Waals surface area contributed by atoms with Crippen molar-refractivity contribution in [1.82, 2.24) is 5.32 Å². The van der Waals surface area contributed by atoms with E-state index in [9.17, 15) is 10.1 Å². The Balaban J connectivity index is 2.35. The molecule has 1 unspecified atom stereocenters. The van der Waals surface area contributed by atoms with Crippen molar-refractivity contribution < 1.29 is 10.1 Å². The smallest absolute Gasteiger partial charge is 0.269 e. The maximum absolute atomic E-state index is 10.5. The zero-order valence-corrected chi connectivity index (χ0v) is 10.7. The highest BCUT2D eigenvalue weighted by Gasteiger charge is 2.06. The molecule has 0 spiro atoms. The summed E-state index contributed by atoms with van der Waals surface area (Å²) in [6.45, 7) is 2.66. The topological polar surface area (TPSA) is 114 Å². The van der Waals surface area contributed by atoms with Gasteiger partial charge in [-0.05, 0) is 25.5 Å². The molecule has 19 heavy (non-hydrogen) atoms. The summed E-state index contributed by atoms with van der Waals surface area (Å²) in [5, 5.41) is 25.1. The molecule has 104 valence electrons. The molecule has 0 radical (unpaired) electrons. The molecule has 7 nitrogen and oxygen atoms in total. The Morgan fingerprint density at radius 1 is 1.53 bits per heavy atom. The monoisotopic (exact) mass is 266 g/mol. The maximum atomic E-state index is 10.5. The fourth-order valence-electron chi connectivity index (χ4n) is 1.67. The van der Waals surface area contributed by atoms with Crippen LogP contribution >= 0.6 is 0 Å². The zero-order chi connectivity index (χ0) is 14.3. The Hall–Kier alpha value is -2.15. The molecule has 1 atom stereocenters. The van der Waals surface area contributed by atoms with Crippen molar-refractivity contribution in [1.29, 1.82) is 0 Å². The van der Waals surface area contributed by atoms with Crippen molar-refractivity contribution in [3.63, 3.8) is 0 Å². The van der Waals surface area contributed by atoms with Crippen LogP contribution in [0.4, 0.5) is 5.69 Å². The van der Waals surface area contributed by atoms with Crippen LogP contribution in [0.25, 0.3) is 0 Å². The van der Waals surface area contributed by atoms with Crippen LogP contribution in [-0.2, 0) is 6.42 Å². The molecule has 0 saturated carbocycles. The van der Waals surface area contributed by atoms with Gasteiger partial charge in [-0.15, -0.1) is 0 Å². The van der Waals surface area contributed by atoms with Gasteiger partial charge in [-0.2, -0.15) is 0 Å². The van der Waals surface area contributed by atoms with Crippen molar-refractivity contribution in [3.8, 4) is 0 Å². The van der Waals surface area contributed by atoms with Gasteiger partial charge in [0.15, 0.2) is 0 Å². The number of hydrogen-bond donors (Lipinski definition) is 3. The average molecular weight is 266 g/mol. The Kier molecular flexibility index (Phi) is 5.74. The summed E-state index contributed by atoms with van der Waals surface area (Å²) in [5.74, 6) is 0.190. The Bertz CT molecular complexity index is 445. The standard InChI is InChI=1S/C12H18N4O3/c1-9(8-12(13)15-17)14-7-6-10-2-4-11(5-3-10)16(18)19/h2-5,9,14,17H,6-8H2,1H3,(H2,13,15). The lowest BCUT2D eigenvalue weighted by Gasteiger charge is -2.12. The second kappa shape index (κ2) is 7.32. The summed E-state index contributed by atoms with van der Waals surface area (Å²) in [4.78, 5) is 10.1. The number of rotatable bonds is 7. The van der Waals surface area contributed by atoms with Gasteiger partial charge in [-0.25, -0.2) is 0 Å². The van der Waals surface area contributed by atoms with Gasteiger partial charge in [-0.3, -0.25) is 10.1 Å². The quantitative estimate of drug-likeness (QED) is 0.226. The number of nitrogens with two attached hydrogens (primary N) is 1. The molecule has 4 N–H and O–H groups in total. The summed E-state index contributed by atoms with van der Waals surface area (Å²) >= 11 is 0. The number of benzene rings is 1. The SMILES string of the molecule is CC(CC(N)=NO)NCCc1ccc([N+](=O)[O-])cc1. The molecule has 0 aliphatic carbocycles. The lowest BCUT2D eigenvalue weighted by Crippen LogP contribution is -2.32. The van der Waals surface area contributed by atoms with Crippen molar-refractivity contribution in [2.75, 3.05) is 6.54 Å². The third kappa shape index (κ3) is 5.35. The van der Waals surface area contributed by atoms with Crippen LogP contribution in [0.15, 0.2) is 29.4 Å². The number of hydrogen-bond acceptors (Lipinski definition) is 5. The van der Waals surface area contributed by atoms with E-state index in [0.717, 1.165) is 18.5 Å². The number of nitrogens with one attached hydrogen (secondary N) is 1. The van der Waals surface area contributed by atoms with Crippen LogP contribution in [0.3, 0.4) is 0 Å². The zero-order valence-electron chi connectivity index (χ0n) is 10.7. The van der Waals surface area contributed by atoms with Crippen LogP contribution in [-0.4, -0.2) is 28.6 Å². The fraction of sp³-hybridized carbons (Fsp3) is 0.417. The number of nitrogens with zero attached hydrogens (tertiary/aromatic N) is 2. The third-order valence-electron chi connectivity index (χ3n) is 2.70. The fourth-order valence-corrected chi connectivity index (χ4v) is 1.67. The lowest BCUT2D eigenvalue weighted by molar-refractivity contribution is -0.384. The second-order valence-corrected chi connectivity index (χ2v) is 4.32. The highest BCUT2D eigenvalue weighted by Crippen LogP contribution is 2.11. The summed E-state index contributed by atoms with van der Waals surface area (Å²) in [6, 6.07) is 6.58. The molecule has 0 aliphatic heterocycles. The Morgan fingerprint density at radius 2 is 2.16 bits per heavy atom. The second-order valence-electron chi connectivity index (χ2n) is 4.32. The van der Waals surface area contributed by atoms with E-state index in [-0.39, 0.29) is 17.6 Å². The predicted octanol–water partition coefficient (Wildman–Crippen LogP) is 1.25. The number of nitro groups is 1. The first kappa shape index (κ1) is 14.9. The van der Waals surface area contributed by atoms with Gasteiger partial charge in [0.1, 0.15) is 5.84 Å². The van der Waals surface area contributed by atoms with E-state index in [1.807, 2.05) is 6.92 Å². The summed E-state index contributed by atoms with van der Waals surface area (Å²) in [7, 11) is 0. The molecule has 0 amide bonds. The number of oxime groups is 1. The van der Waals surface area contributed by atoms with Crippen molar-refractivity contribution in [3.05, 3.63) is 39.9 Å². The minimum atomic E-state index is -0.416. The van der Waals surface area contributed by atoms with Crippen LogP contribution in [0, 0.1) is 10.1 Å². The highest BCUT2D eigenvalue weighted by atomic mass is 16.6. The van der Waals surface area contributed by atoms with Crippen molar-refractivity contribution in [2.24, 2.45) is 10.9 Å². The van der Waals surface area contributed by atoms with Gasteiger partial charge < -0.3 is 16.3 Å². The van der Waals surface area contributed by atoms with Gasteiger partial charge in [0.25, 0.3) is 5.69 Å². The van der Waals surface area contributed by atoms with Crippen LogP contribution < -0.4 is 11.1 Å². The van der Waals surface area contributed by atoms with Gasteiger partial charge in [0.05, 0.1) is 4.92 Å². The van der Waals surface area contributed by atoms with E-state index >= 15 is 0 Å². The number of nitro benzene ring substituents is 1. The maximum Gasteiger partial charge on any atom is 0.269 e. The van der Waals surface area contributed by atoms with Crippen molar-refractivity contribution >= 4 is 11.5 Å². The van der Waals surface area contributed by atoms with E-state index in [0.29, 0.717) is 6.42 Å². The van der Waals surface area contributed by atoms with Gasteiger partial charge in [-0.1, -0.05) is 17.3 Å². The largest absolute Gasteiger partial charge is 0.409 e. The number of amidine groups is 1. The first-order chi connectivity index (χ1) is 9.02. The van der Waals surface area contributed by atoms with E-state index in [1.165, 1.54) is 12.1 Å². The van der Waals surface area contributed by atoms with E-state index in [4.69, 9.17) is 10.9 Å². The molecule has 7 heteroatoms. The summed E-state index contributed by atoms with van der Waals surface area (Å²) < 4.78 is 0. The molecule has 0 aliphatic rings. The highest BCUT2D eigenvalue weighted by molar-refractivity contribution is 5.80. The molecule has 0 heterocycles. The first-order valence-corrected chi connectivity index (χ1v) is 5.96. The molecular formula is C12H18N4O3. The molecule has 0 aromatic heterocycles. The van der Waals surface area contributed by atoms with E-state index in [2.05, 4.69) is 10.5 Å². The Labute approximate surface area is 111 Å². The molecule has 1 aromatic carbocycles. The van der Waals surface area contributed by atoms with Crippen LogP contribution in [0.5, 0.6) is 0 Å². The van der Waals surface area contributed by atoms with E-state index in [1.54, 1.807) is 12.1 Å². The average Bonchev–Trinajstić information content (AvgIpc) is 2.39. The minimum Gasteiger partial charge on any atom is -0.409 e. The molecular weight excluding hydrogens is 248 g/mol. The molecule has 0 fully saturated rings. The first-order valence-electron chi connectivity index (χ1n) is 5.96. The predicted molar refractivity (Wildman–Crippen MR) is 72.3 cm³/mol. The molecule has 1 aromatic rings. The third-order valence-corrected chi connectivity index (χ3v) is 2.70. The van der Waals surface area contributed by atoms with Gasteiger partial charge in [0.2, 0.25) is 0 Å². The normalized spacial score (nSPS) is 13.2. The Morgan fingerprint density at radius 3 is 2.68 bits per heavy atom. The summed E-state index contributed by atoms with van der Waals surface area (Å²) in [6.07, 6.45) is 1.23. The van der Waals surface area contributed by atoms with Crippen molar-refractivity contribution in [2.45, 2.75) is 25.8 Å². The lowest BCUT2D eigenvalue weighted by atomic mass is 10.1. The van der Waals surface area contributed by atoms with E-state index < -0.39 is 4.92 Å². The summed E-state index contributed by atoms with van der Waals surface area (Å²) in [5.41, 5.74) is 6.51. The van der Waals surface area contributed by atoms with Gasteiger partial charge in [0, 0.05) is 24.6 Å². The molecule has 1 rings (SSSR count). The van der Waals surface area contributed by atoms with Crippen LogP contribution in [0.2, 0.25) is 0 Å². The van der Waals surface area contributed by atoms with Gasteiger partial charge >= 0.3 is 0 Å². The molecule has 0 bridgehead atoms.